The van der Waals surface area contributed by atoms with E-state index in [9.17, 15) is 4.79 Å². The number of carbonyl (C=O) groups excluding carboxylic acids is 1. The first-order valence-electron chi connectivity index (χ1n) is 7.12. The number of carbonyl (C=O) groups is 1. The average Bonchev–Trinajstić information content (AvgIpc) is 2.11. The highest BCUT2D eigenvalue weighted by Crippen LogP contribution is 2.37. The third-order valence-corrected chi connectivity index (χ3v) is 8.81. The first-order chi connectivity index (χ1) is 8.62. The maximum Gasteiger partial charge on any atom is 0.238 e. The Morgan fingerprint density at radius 1 is 0.950 bits per heavy atom. The predicted molar refractivity (Wildman–Crippen MR) is 87.7 cm³/mol. The predicted octanol–water partition coefficient (Wildman–Crippen LogP) is 4.14. The molecular weight excluding hydrogens is 288 g/mol. The molecule has 0 rings (SSSR count). The van der Waals surface area contributed by atoms with Crippen molar-refractivity contribution >= 4 is 22.9 Å². The highest BCUT2D eigenvalue weighted by Gasteiger charge is 2.42. The van der Waals surface area contributed by atoms with Crippen LogP contribution in [0, 0.1) is 0 Å². The quantitative estimate of drug-likeness (QED) is 0.306. The van der Waals surface area contributed by atoms with Crippen LogP contribution in [0.15, 0.2) is 0 Å². The molecule has 0 saturated carbocycles. The van der Waals surface area contributed by atoms with Gasteiger partial charge in [0.2, 0.25) is 8.32 Å². The molecular formula is C14H32O4Si2. The molecule has 120 valence electrons. The molecule has 0 amide bonds. The van der Waals surface area contributed by atoms with Gasteiger partial charge in [-0.25, -0.2) is 4.89 Å². The van der Waals surface area contributed by atoms with Gasteiger partial charge in [-0.2, -0.15) is 0 Å². The van der Waals surface area contributed by atoms with Crippen LogP contribution >= 0.6 is 0 Å². The molecule has 6 heteroatoms. The normalized spacial score (nSPS) is 16.1. The lowest BCUT2D eigenvalue weighted by atomic mass is 10.0. The molecule has 0 spiro atoms. The van der Waals surface area contributed by atoms with Gasteiger partial charge in [0.05, 0.1) is 5.60 Å². The molecule has 0 aliphatic carbocycles. The largest absolute Gasteiger partial charge is 0.409 e. The van der Waals surface area contributed by atoms with Crippen LogP contribution in [0.4, 0.5) is 0 Å². The number of hydrogen-bond acceptors (Lipinski definition) is 4. The molecule has 0 fully saturated rings. The summed E-state index contributed by atoms with van der Waals surface area (Å²) in [6.45, 7) is 20.6. The molecule has 0 N–H and O–H groups in total. The Morgan fingerprint density at radius 2 is 1.40 bits per heavy atom. The van der Waals surface area contributed by atoms with E-state index in [-0.39, 0.29) is 5.04 Å². The Kier molecular flexibility index (Phi) is 6.39. The minimum atomic E-state index is -2.05. The monoisotopic (exact) mass is 320 g/mol. The Bertz CT molecular complexity index is 327. The Labute approximate surface area is 126 Å². The van der Waals surface area contributed by atoms with Crippen molar-refractivity contribution in [1.82, 2.24) is 0 Å². The maximum atomic E-state index is 11.3. The van der Waals surface area contributed by atoms with Crippen molar-refractivity contribution in [3.63, 3.8) is 0 Å². The van der Waals surface area contributed by atoms with Gasteiger partial charge in [-0.3, -0.25) is 4.58 Å². The molecule has 4 nitrogen and oxygen atoms in total. The lowest BCUT2D eigenvalue weighted by molar-refractivity contribution is -0.276. The Morgan fingerprint density at radius 3 is 1.70 bits per heavy atom. The SMILES string of the molecule is CC(C)(O[Si](C)(C)C)C(C=O)OO[Si](C)(C)C(C)(C)C. The smallest absolute Gasteiger partial charge is 0.238 e. The second kappa shape index (κ2) is 6.40. The van der Waals surface area contributed by atoms with E-state index in [1.165, 1.54) is 0 Å². The zero-order valence-corrected chi connectivity index (χ0v) is 16.8. The van der Waals surface area contributed by atoms with Gasteiger partial charge < -0.3 is 9.22 Å². The Balaban J connectivity index is 4.84. The molecule has 0 aromatic heterocycles. The van der Waals surface area contributed by atoms with Crippen molar-refractivity contribution in [2.75, 3.05) is 0 Å². The van der Waals surface area contributed by atoms with Crippen molar-refractivity contribution < 1.29 is 18.7 Å². The van der Waals surface area contributed by atoms with Crippen LogP contribution in [0.3, 0.4) is 0 Å². The molecule has 20 heavy (non-hydrogen) atoms. The maximum absolute atomic E-state index is 11.3. The van der Waals surface area contributed by atoms with Crippen molar-refractivity contribution in [3.05, 3.63) is 0 Å². The van der Waals surface area contributed by atoms with Crippen LogP contribution in [0.2, 0.25) is 37.8 Å². The summed E-state index contributed by atoms with van der Waals surface area (Å²) in [6.07, 6.45) is 0.0520. The van der Waals surface area contributed by atoms with Gasteiger partial charge in [0.15, 0.2) is 20.7 Å². The molecule has 0 aliphatic rings. The Hall–Kier alpha value is -0.0162. The fourth-order valence-electron chi connectivity index (χ4n) is 1.45. The fourth-order valence-corrected chi connectivity index (χ4v) is 3.74. The topological polar surface area (TPSA) is 44.8 Å². The van der Waals surface area contributed by atoms with Gasteiger partial charge in [0.25, 0.3) is 0 Å². The number of aldehydes is 1. The van der Waals surface area contributed by atoms with Gasteiger partial charge >= 0.3 is 0 Å². The zero-order valence-electron chi connectivity index (χ0n) is 14.8. The third kappa shape index (κ3) is 6.18. The van der Waals surface area contributed by atoms with E-state index in [1.54, 1.807) is 0 Å². The highest BCUT2D eigenvalue weighted by molar-refractivity contribution is 6.73. The fraction of sp³-hybridized carbons (Fsp3) is 0.929. The molecule has 0 saturated heterocycles. The van der Waals surface area contributed by atoms with E-state index in [2.05, 4.69) is 53.5 Å². The van der Waals surface area contributed by atoms with E-state index in [0.717, 1.165) is 6.29 Å². The molecule has 0 aliphatic heterocycles. The molecule has 1 unspecified atom stereocenters. The summed E-state index contributed by atoms with van der Waals surface area (Å²) < 4.78 is 11.7. The van der Waals surface area contributed by atoms with Crippen LogP contribution in [0.1, 0.15) is 34.6 Å². The van der Waals surface area contributed by atoms with Gasteiger partial charge in [-0.05, 0) is 51.6 Å². The van der Waals surface area contributed by atoms with Gasteiger partial charge in [0, 0.05) is 0 Å². The minimum Gasteiger partial charge on any atom is -0.409 e. The number of hydrogen-bond donors (Lipinski definition) is 0. The van der Waals surface area contributed by atoms with Crippen molar-refractivity contribution in [3.8, 4) is 0 Å². The number of rotatable bonds is 7. The minimum absolute atomic E-state index is 0.0320. The zero-order chi connectivity index (χ0) is 16.4. The lowest BCUT2D eigenvalue weighted by Crippen LogP contribution is -2.50. The first kappa shape index (κ1) is 20.0. The summed E-state index contributed by atoms with van der Waals surface area (Å²) in [7, 11) is -3.81. The highest BCUT2D eigenvalue weighted by atomic mass is 28.4. The summed E-state index contributed by atoms with van der Waals surface area (Å²) in [5, 5.41) is 0.0320. The van der Waals surface area contributed by atoms with Crippen molar-refractivity contribution in [2.24, 2.45) is 0 Å². The van der Waals surface area contributed by atoms with Crippen molar-refractivity contribution in [1.29, 1.82) is 0 Å². The van der Waals surface area contributed by atoms with Crippen molar-refractivity contribution in [2.45, 2.75) is 84.1 Å². The van der Waals surface area contributed by atoms with Crippen LogP contribution in [0.25, 0.3) is 0 Å². The van der Waals surface area contributed by atoms with E-state index in [0.29, 0.717) is 0 Å². The lowest BCUT2D eigenvalue weighted by Gasteiger charge is -2.39. The molecule has 0 bridgehead atoms. The standard InChI is InChI=1S/C14H32O4Si2/c1-13(2,3)20(9,10)18-16-12(11-15)14(4,5)17-19(6,7)8/h11-12H,1-10H3. The average molecular weight is 321 g/mol. The third-order valence-electron chi connectivity index (χ3n) is 3.54. The van der Waals surface area contributed by atoms with E-state index in [4.69, 9.17) is 13.9 Å². The van der Waals surface area contributed by atoms with Crippen LogP contribution in [-0.4, -0.2) is 34.6 Å². The summed E-state index contributed by atoms with van der Waals surface area (Å²) in [6, 6.07) is 0. The molecule has 0 heterocycles. The second-order valence-corrected chi connectivity index (χ2v) is 17.4. The van der Waals surface area contributed by atoms with Crippen LogP contribution < -0.4 is 0 Å². The summed E-state index contributed by atoms with van der Waals surface area (Å²) in [5.41, 5.74) is -0.686. The van der Waals surface area contributed by atoms with E-state index >= 15 is 0 Å². The van der Waals surface area contributed by atoms with E-state index in [1.807, 2.05) is 13.8 Å². The summed E-state index contributed by atoms with van der Waals surface area (Å²) >= 11 is 0. The molecule has 0 aromatic carbocycles. The van der Waals surface area contributed by atoms with Crippen LogP contribution in [0.5, 0.6) is 0 Å². The van der Waals surface area contributed by atoms with Gasteiger partial charge in [-0.1, -0.05) is 20.8 Å². The van der Waals surface area contributed by atoms with Gasteiger partial charge in [0.1, 0.15) is 0 Å². The summed E-state index contributed by atoms with van der Waals surface area (Å²) in [4.78, 5) is 16.8. The molecule has 0 radical (unpaired) electrons. The first-order valence-corrected chi connectivity index (χ1v) is 13.4. The summed E-state index contributed by atoms with van der Waals surface area (Å²) in [5.74, 6) is 0. The molecule has 1 atom stereocenters. The molecule has 0 aromatic rings. The van der Waals surface area contributed by atoms with Gasteiger partial charge in [-0.15, -0.1) is 0 Å². The second-order valence-electron chi connectivity index (χ2n) is 8.31. The van der Waals surface area contributed by atoms with E-state index < -0.39 is 28.3 Å². The van der Waals surface area contributed by atoms with Crippen LogP contribution in [-0.2, 0) is 18.7 Å².